The lowest BCUT2D eigenvalue weighted by Gasteiger charge is -2.21. The van der Waals surface area contributed by atoms with Crippen LogP contribution in [0.2, 0.25) is 5.28 Å². The van der Waals surface area contributed by atoms with Gasteiger partial charge in [-0.3, -0.25) is 13.9 Å². The van der Waals surface area contributed by atoms with Crippen LogP contribution in [0.5, 0.6) is 0 Å². The predicted octanol–water partition coefficient (Wildman–Crippen LogP) is -0.813. The summed E-state index contributed by atoms with van der Waals surface area (Å²) in [5.41, 5.74) is 0.591. The molecule has 6 N–H and O–H groups in total. The van der Waals surface area contributed by atoms with Crippen LogP contribution in [0.25, 0.3) is 11.2 Å². The molecule has 1 amide bonds. The molecule has 3 rings (SSSR count). The summed E-state index contributed by atoms with van der Waals surface area (Å²) in [5.74, 6) is -2.72. The van der Waals surface area contributed by atoms with Gasteiger partial charge in [0.25, 0.3) is 5.91 Å². The van der Waals surface area contributed by atoms with Gasteiger partial charge in [0.2, 0.25) is 11.1 Å². The van der Waals surface area contributed by atoms with E-state index in [0.717, 1.165) is 0 Å². The van der Waals surface area contributed by atoms with Crippen molar-refractivity contribution in [1.82, 2.24) is 24.8 Å². The van der Waals surface area contributed by atoms with Crippen LogP contribution in [0.4, 0.5) is 5.82 Å². The van der Waals surface area contributed by atoms with Gasteiger partial charge < -0.3 is 40.1 Å². The van der Waals surface area contributed by atoms with Crippen molar-refractivity contribution in [1.29, 1.82) is 0 Å². The maximum atomic E-state index is 11.9. The number of aliphatic hydroxyl groups excluding tert-OH is 2. The Balaban J connectivity index is 1.81. The number of rotatable bonds is 9. The topological polar surface area (TPSA) is 201 Å². The molecule has 14 nitrogen and oxygen atoms in total. The van der Waals surface area contributed by atoms with Crippen molar-refractivity contribution in [3.63, 3.8) is 0 Å². The van der Waals surface area contributed by atoms with E-state index in [2.05, 4.69) is 25.6 Å². The zero-order valence-electron chi connectivity index (χ0n) is 17.1. The van der Waals surface area contributed by atoms with E-state index >= 15 is 0 Å². The van der Waals surface area contributed by atoms with Crippen molar-refractivity contribution in [3.05, 3.63) is 11.6 Å². The summed E-state index contributed by atoms with van der Waals surface area (Å²) in [5, 5.41) is 26.1. The molecule has 0 bridgehead atoms. The third-order valence-electron chi connectivity index (χ3n) is 4.65. The highest BCUT2D eigenvalue weighted by molar-refractivity contribution is 7.53. The first kappa shape index (κ1) is 24.7. The van der Waals surface area contributed by atoms with Crippen LogP contribution in [0.15, 0.2) is 6.33 Å². The van der Waals surface area contributed by atoms with Crippen molar-refractivity contribution < 1.29 is 38.8 Å². The van der Waals surface area contributed by atoms with Crippen LogP contribution in [-0.2, 0) is 18.8 Å². The first-order chi connectivity index (χ1) is 15.1. The van der Waals surface area contributed by atoms with Gasteiger partial charge in [-0.05, 0) is 25.4 Å². The Hall–Kier alpha value is -1.90. The summed E-state index contributed by atoms with van der Waals surface area (Å²) < 4.78 is 23.7. The van der Waals surface area contributed by atoms with Crippen molar-refractivity contribution in [2.75, 3.05) is 25.0 Å². The Kier molecular flexibility index (Phi) is 7.68. The molecule has 16 heteroatoms. The minimum atomic E-state index is -4.95. The van der Waals surface area contributed by atoms with Gasteiger partial charge in [0, 0.05) is 13.1 Å². The number of likely N-dealkylation sites (N-methyl/N-ethyl adjacent to an activating group) is 1. The molecule has 0 aromatic carbocycles. The van der Waals surface area contributed by atoms with Gasteiger partial charge in [-0.25, -0.2) is 4.98 Å². The fourth-order valence-corrected chi connectivity index (χ4v) is 4.08. The lowest BCUT2D eigenvalue weighted by Crippen LogP contribution is -2.40. The van der Waals surface area contributed by atoms with Gasteiger partial charge in [0.15, 0.2) is 23.2 Å². The van der Waals surface area contributed by atoms with Gasteiger partial charge in [-0.1, -0.05) is 0 Å². The molecule has 0 radical (unpaired) electrons. The van der Waals surface area contributed by atoms with Gasteiger partial charge in [0.1, 0.15) is 18.3 Å². The molecule has 3 heterocycles. The first-order valence-corrected chi connectivity index (χ1v) is 11.7. The Morgan fingerprint density at radius 2 is 2.03 bits per heavy atom. The molecule has 1 aliphatic rings. The van der Waals surface area contributed by atoms with E-state index in [1.165, 1.54) is 10.9 Å². The van der Waals surface area contributed by atoms with Crippen LogP contribution in [-0.4, -0.2) is 89.3 Å². The number of nitrogens with zero attached hydrogens (tertiary/aromatic N) is 4. The first-order valence-electron chi connectivity index (χ1n) is 9.68. The fourth-order valence-electron chi connectivity index (χ4n) is 3.24. The number of aliphatic hydroxyl groups is 2. The molecule has 32 heavy (non-hydrogen) atoms. The summed E-state index contributed by atoms with van der Waals surface area (Å²) in [6.45, 7) is 3.53. The highest BCUT2D eigenvalue weighted by Gasteiger charge is 2.46. The Labute approximate surface area is 187 Å². The lowest BCUT2D eigenvalue weighted by molar-refractivity contribution is -0.132. The minimum absolute atomic E-state index is 0.0745. The minimum Gasteiger partial charge on any atom is -0.387 e. The van der Waals surface area contributed by atoms with Crippen LogP contribution >= 0.6 is 19.2 Å². The van der Waals surface area contributed by atoms with Gasteiger partial charge >= 0.3 is 7.60 Å². The van der Waals surface area contributed by atoms with Gasteiger partial charge in [-0.15, -0.1) is 0 Å². The summed E-state index contributed by atoms with van der Waals surface area (Å²) in [7, 11) is -4.95. The second-order valence-electron chi connectivity index (χ2n) is 6.91. The molecule has 2 aromatic rings. The van der Waals surface area contributed by atoms with Crippen molar-refractivity contribution >= 4 is 42.1 Å². The number of halogens is 1. The molecule has 2 aromatic heterocycles. The number of carbonyl (C=O) groups excluding carboxylic acids is 1. The van der Waals surface area contributed by atoms with Crippen LogP contribution in [0.1, 0.15) is 20.1 Å². The average molecular weight is 495 g/mol. The second kappa shape index (κ2) is 9.93. The third-order valence-corrected chi connectivity index (χ3v) is 5.81. The molecule has 0 unspecified atom stereocenters. The van der Waals surface area contributed by atoms with E-state index in [1.54, 1.807) is 6.92 Å². The molecule has 0 saturated carbocycles. The molecule has 5 atom stereocenters. The lowest BCUT2D eigenvalue weighted by atomic mass is 10.1. The van der Waals surface area contributed by atoms with E-state index in [-0.39, 0.29) is 17.5 Å². The quantitative estimate of drug-likeness (QED) is 0.187. The van der Waals surface area contributed by atoms with Gasteiger partial charge in [0.05, 0.1) is 12.9 Å². The molecule has 1 aliphatic heterocycles. The fraction of sp³-hybridized carbons (Fsp3) is 0.625. The predicted molar refractivity (Wildman–Crippen MR) is 111 cm³/mol. The summed E-state index contributed by atoms with van der Waals surface area (Å²) in [4.78, 5) is 43.1. The molecule has 0 spiro atoms. The highest BCUT2D eigenvalue weighted by Crippen LogP contribution is 2.42. The van der Waals surface area contributed by atoms with Crippen LogP contribution in [0.3, 0.4) is 0 Å². The molecule has 1 fully saturated rings. The maximum Gasteiger partial charge on any atom is 0.363 e. The van der Waals surface area contributed by atoms with Crippen molar-refractivity contribution in [3.8, 4) is 0 Å². The van der Waals surface area contributed by atoms with Gasteiger partial charge in [-0.2, -0.15) is 9.97 Å². The number of carbonyl (C=O) groups is 1. The van der Waals surface area contributed by atoms with E-state index in [0.29, 0.717) is 17.9 Å². The number of fused-ring (bicyclic) bond motifs is 1. The third kappa shape index (κ3) is 5.02. The Morgan fingerprint density at radius 1 is 1.31 bits per heavy atom. The average Bonchev–Trinajstić information content (AvgIpc) is 3.23. The standard InChI is InChI=1S/C16H24ClN6O8P/c1-3-18-11-8-12(22-16(17)21-11)23(6-20-8)14-10(25)9(24)7(31-14)5-30-15(32(27,28)29)13(26)19-4-2/h6-7,9-10,14-15,24-25H,3-5H2,1-2H3,(H,19,26)(H,18,21,22)(H2,27,28,29)/t7-,9+,10-,14-,15-/m1/s1. The molecular weight excluding hydrogens is 471 g/mol. The van der Waals surface area contributed by atoms with Crippen molar-refractivity contribution in [2.45, 2.75) is 44.2 Å². The number of anilines is 1. The zero-order valence-corrected chi connectivity index (χ0v) is 18.8. The summed E-state index contributed by atoms with van der Waals surface area (Å²) >= 11 is 5.98. The summed E-state index contributed by atoms with van der Waals surface area (Å²) in [6, 6.07) is 0. The molecule has 1 saturated heterocycles. The number of amides is 1. The van der Waals surface area contributed by atoms with Crippen molar-refractivity contribution in [2.24, 2.45) is 0 Å². The SMILES string of the molecule is CCNC(=O)[C@H](OC[C@H]1O[C@@H](n2cnc3c(NCC)nc(Cl)nc32)[C@H](O)[C@H]1O)P(=O)(O)O. The van der Waals surface area contributed by atoms with Crippen LogP contribution < -0.4 is 10.6 Å². The molecular formula is C16H24ClN6O8P. The maximum absolute atomic E-state index is 11.9. The number of aromatic nitrogens is 4. The van der Waals surface area contributed by atoms with Crippen LogP contribution in [0, 0.1) is 0 Å². The van der Waals surface area contributed by atoms with E-state index in [4.69, 9.17) is 21.1 Å². The second-order valence-corrected chi connectivity index (χ2v) is 8.90. The largest absolute Gasteiger partial charge is 0.387 e. The number of hydrogen-bond acceptors (Lipinski definition) is 10. The number of ether oxygens (including phenoxy) is 2. The zero-order chi connectivity index (χ0) is 23.6. The number of nitrogens with one attached hydrogen (secondary N) is 2. The highest BCUT2D eigenvalue weighted by atomic mass is 35.5. The Morgan fingerprint density at radius 3 is 2.66 bits per heavy atom. The number of imidazole rings is 1. The van der Waals surface area contributed by atoms with E-state index in [1.807, 2.05) is 6.92 Å². The molecule has 0 aliphatic carbocycles. The normalized spacial score (nSPS) is 24.6. The monoisotopic (exact) mass is 494 g/mol. The molecule has 178 valence electrons. The van der Waals surface area contributed by atoms with E-state index < -0.39 is 50.5 Å². The number of hydrogen-bond donors (Lipinski definition) is 6. The summed E-state index contributed by atoms with van der Waals surface area (Å²) in [6.07, 6.45) is -4.00. The van der Waals surface area contributed by atoms with E-state index in [9.17, 15) is 29.4 Å². The smallest absolute Gasteiger partial charge is 0.363 e. The Bertz CT molecular complexity index is 1020.